The molecule has 4 aliphatic rings. The smallest absolute Gasteiger partial charge is 0.161 e. The number of unbranched alkanes of at least 4 members (excludes halogenated alkanes) is 6. The Morgan fingerprint density at radius 3 is 0.951 bits per heavy atom. The van der Waals surface area contributed by atoms with Crippen LogP contribution in [0.15, 0.2) is 155 Å². The normalized spacial score (nSPS) is 15.6. The van der Waals surface area contributed by atoms with Crippen molar-refractivity contribution in [2.24, 2.45) is 45.5 Å². The van der Waals surface area contributed by atoms with Gasteiger partial charge in [0.05, 0.1) is 84.5 Å². The Bertz CT molecular complexity index is 4000. The number of rotatable bonds is 46. The van der Waals surface area contributed by atoms with Crippen LogP contribution in [0.5, 0.6) is 34.5 Å². The van der Waals surface area contributed by atoms with Gasteiger partial charge in [-0.3, -0.25) is 0 Å². The van der Waals surface area contributed by atoms with Crippen LogP contribution >= 0.6 is 0 Å². The molecular weight excluding hydrogens is 1270 g/mol. The first kappa shape index (κ1) is 77.9. The van der Waals surface area contributed by atoms with Crippen LogP contribution in [0.2, 0.25) is 0 Å². The van der Waals surface area contributed by atoms with Gasteiger partial charge < -0.3 is 37.6 Å². The second kappa shape index (κ2) is 40.0. The first-order chi connectivity index (χ1) is 50.5. The molecule has 0 spiro atoms. The summed E-state index contributed by atoms with van der Waals surface area (Å²) >= 11 is 0. The van der Waals surface area contributed by atoms with Gasteiger partial charge in [-0.25, -0.2) is 9.98 Å². The van der Waals surface area contributed by atoms with Crippen molar-refractivity contribution < 1.29 is 28.4 Å². The van der Waals surface area contributed by atoms with Gasteiger partial charge in [-0.15, -0.1) is 0 Å². The molecule has 0 saturated heterocycles. The van der Waals surface area contributed by atoms with Crippen molar-refractivity contribution in [2.75, 3.05) is 39.6 Å². The van der Waals surface area contributed by atoms with Crippen LogP contribution in [0.1, 0.15) is 271 Å². The van der Waals surface area contributed by atoms with Gasteiger partial charge in [0.2, 0.25) is 0 Å². The van der Waals surface area contributed by atoms with Crippen molar-refractivity contribution >= 4 is 33.7 Å². The van der Waals surface area contributed by atoms with Crippen LogP contribution in [-0.2, 0) is 6.67 Å². The van der Waals surface area contributed by atoms with Crippen molar-refractivity contribution in [3.05, 3.63) is 189 Å². The lowest BCUT2D eigenvalue weighted by molar-refractivity contribution is 0.199. The van der Waals surface area contributed by atoms with E-state index in [-0.39, 0.29) is 0 Å². The molecule has 0 amide bonds. The number of hydrogen-bond acceptors (Lipinski definition) is 8. The van der Waals surface area contributed by atoms with Gasteiger partial charge in [0.15, 0.2) is 23.0 Å². The summed E-state index contributed by atoms with van der Waals surface area (Å²) in [6.07, 6.45) is 36.4. The highest BCUT2D eigenvalue weighted by Gasteiger charge is 2.31. The summed E-state index contributed by atoms with van der Waals surface area (Å²) in [7, 11) is 0. The Kier molecular flexibility index (Phi) is 30.2. The van der Waals surface area contributed by atoms with Crippen molar-refractivity contribution in [1.29, 1.82) is 0 Å². The highest BCUT2D eigenvalue weighted by atomic mass is 16.5. The molecule has 0 fully saturated rings. The van der Waals surface area contributed by atoms with Crippen LogP contribution < -0.4 is 39.1 Å². The van der Waals surface area contributed by atoms with Gasteiger partial charge in [-0.05, 0) is 193 Å². The molecule has 2 aromatic heterocycles. The molecule has 0 radical (unpaired) electrons. The second-order valence-electron chi connectivity index (χ2n) is 29.9. The number of aromatic nitrogens is 2. The number of ether oxygens (including phenoxy) is 6. The topological polar surface area (TPSA) is 90.0 Å². The maximum absolute atomic E-state index is 7.14. The summed E-state index contributed by atoms with van der Waals surface area (Å²) < 4.78 is 46.5. The quantitative estimate of drug-likeness (QED) is 0.0378. The summed E-state index contributed by atoms with van der Waals surface area (Å²) in [5.41, 5.74) is 13.8. The molecule has 6 aromatic rings. The number of fused-ring (bicyclic) bond motifs is 2. The van der Waals surface area contributed by atoms with Crippen LogP contribution in [0.4, 0.5) is 0 Å². The molecular formula is C93H126N4O6. The van der Waals surface area contributed by atoms with E-state index in [0.717, 1.165) is 201 Å². The monoisotopic (exact) mass is 1390 g/mol. The van der Waals surface area contributed by atoms with Crippen LogP contribution in [0.25, 0.3) is 22.3 Å². The third-order valence-electron chi connectivity index (χ3n) is 22.5. The van der Waals surface area contributed by atoms with E-state index in [9.17, 15) is 0 Å². The molecule has 4 aliphatic heterocycles. The third-order valence-corrected chi connectivity index (χ3v) is 22.5. The van der Waals surface area contributed by atoms with Gasteiger partial charge in [-0.1, -0.05) is 235 Å². The van der Waals surface area contributed by atoms with E-state index in [2.05, 4.69) is 226 Å². The average molecular weight is 1400 g/mol. The zero-order valence-electron chi connectivity index (χ0n) is 65.3. The lowest BCUT2D eigenvalue weighted by Crippen LogP contribution is -2.36. The van der Waals surface area contributed by atoms with Crippen LogP contribution in [-0.4, -0.2) is 60.2 Å². The molecule has 0 aliphatic carbocycles. The highest BCUT2D eigenvalue weighted by Crippen LogP contribution is 2.43. The number of nitrogens with zero attached hydrogens (tertiary/aromatic N) is 4. The summed E-state index contributed by atoms with van der Waals surface area (Å²) in [6.45, 7) is 31.8. The van der Waals surface area contributed by atoms with E-state index >= 15 is 0 Å². The van der Waals surface area contributed by atoms with E-state index in [0.29, 0.717) is 81.8 Å². The average Bonchev–Trinajstić information content (AvgIpc) is 1.42. The van der Waals surface area contributed by atoms with Crippen LogP contribution in [0, 0.1) is 35.5 Å². The predicted molar refractivity (Wildman–Crippen MR) is 432 cm³/mol. The van der Waals surface area contributed by atoms with E-state index in [1.165, 1.54) is 77.0 Å². The minimum Gasteiger partial charge on any atom is -0.493 e. The largest absolute Gasteiger partial charge is 0.493 e. The third kappa shape index (κ3) is 20.0. The van der Waals surface area contributed by atoms with E-state index in [1.807, 2.05) is 0 Å². The van der Waals surface area contributed by atoms with Crippen molar-refractivity contribution in [3.8, 4) is 34.5 Å². The molecule has 10 nitrogen and oxygen atoms in total. The molecule has 10 rings (SSSR count). The Labute approximate surface area is 620 Å². The standard InChI is InChI=1S/C93H126N4O6/c1-13-25-31-66(19-7)59-98-76-43-37-72(38-44-76)90-78-47-49-80(94-78)92(74-41-55-86(100-61-68(21-9)33-27-15-3)88(57-74)102-63-70(23-11)35-29-17-5)85-54-52-83-91(73-39-45-77(46-40-73)99-60-67(20-8)32-26-14-2)79-48-50-81(95-79)93(84-53-51-82(90)96(84)65-97(83)85)75-42-56-87(101-62-69(22-10)34-28-16-4)89(58-75)103-64-71(24-12)36-30-18-6/h37-58,66-71H,13-36,59-65H2,1-12H3. The maximum atomic E-state index is 7.14. The van der Waals surface area contributed by atoms with Crippen molar-refractivity contribution in [2.45, 2.75) is 244 Å². The number of hydrogen-bond donors (Lipinski definition) is 0. The first-order valence-electron chi connectivity index (χ1n) is 41.0. The summed E-state index contributed by atoms with van der Waals surface area (Å²) in [5.74, 6) is 7.64. The fourth-order valence-corrected chi connectivity index (χ4v) is 15.1. The fraction of sp³-hybridized carbons (Fsp3) is 0.527. The summed E-state index contributed by atoms with van der Waals surface area (Å²) in [5, 5.41) is 2.06. The zero-order chi connectivity index (χ0) is 72.5. The molecule has 554 valence electrons. The SMILES string of the molecule is CCCCC(CC)COc1ccc(C2=C3C=CC(=N3)C(c3ccc(OCC(CC)CCCC)c(OCC(CC)CCCC)c3)=c3ccc4n3Cn3c(ccc32)C(c2ccc(OCC(CC)CCCC)c(OCC(CC)CCCC)c2)=C2C=CC(=N2)C=4c2ccc(OCC(CC)CCCC)cc2)cc1. The minimum absolute atomic E-state index is 0.422. The molecule has 6 heterocycles. The molecule has 0 N–H and O–H groups in total. The summed E-state index contributed by atoms with van der Waals surface area (Å²) in [6, 6.07) is 40.3. The molecule has 6 atom stereocenters. The molecule has 4 aromatic carbocycles. The second-order valence-corrected chi connectivity index (χ2v) is 29.9. The number of aliphatic imine (C=N–C) groups is 2. The van der Waals surface area contributed by atoms with E-state index in [1.54, 1.807) is 0 Å². The lowest BCUT2D eigenvalue weighted by Gasteiger charge is -2.24. The molecule has 6 bridgehead atoms. The highest BCUT2D eigenvalue weighted by molar-refractivity contribution is 6.32. The predicted octanol–water partition coefficient (Wildman–Crippen LogP) is 23.3. The lowest BCUT2D eigenvalue weighted by atomic mass is 9.98. The first-order valence-corrected chi connectivity index (χ1v) is 41.0. The van der Waals surface area contributed by atoms with Crippen LogP contribution in [0.3, 0.4) is 0 Å². The van der Waals surface area contributed by atoms with Gasteiger partial charge >= 0.3 is 0 Å². The van der Waals surface area contributed by atoms with Gasteiger partial charge in [0.1, 0.15) is 18.2 Å². The van der Waals surface area contributed by atoms with E-state index in [4.69, 9.17) is 38.4 Å². The zero-order valence-corrected chi connectivity index (χ0v) is 65.3. The van der Waals surface area contributed by atoms with Gasteiger partial charge in [0.25, 0.3) is 0 Å². The Balaban J connectivity index is 1.24. The Morgan fingerprint density at radius 1 is 0.301 bits per heavy atom. The Hall–Kier alpha value is -7.72. The molecule has 10 heteroatoms. The minimum atomic E-state index is 0.422. The molecule has 0 saturated carbocycles. The number of benzene rings is 4. The fourth-order valence-electron chi connectivity index (χ4n) is 15.1. The van der Waals surface area contributed by atoms with E-state index < -0.39 is 0 Å². The Morgan fingerprint density at radius 2 is 0.602 bits per heavy atom. The van der Waals surface area contributed by atoms with Gasteiger partial charge in [-0.2, -0.15) is 0 Å². The van der Waals surface area contributed by atoms with Crippen molar-refractivity contribution in [3.63, 3.8) is 0 Å². The van der Waals surface area contributed by atoms with Gasteiger partial charge in [0, 0.05) is 22.3 Å². The maximum Gasteiger partial charge on any atom is 0.161 e. The molecule has 6 unspecified atom stereocenters. The number of allylic oxidation sites excluding steroid dienone is 4. The summed E-state index contributed by atoms with van der Waals surface area (Å²) in [4.78, 5) is 11.7. The van der Waals surface area contributed by atoms with Crippen molar-refractivity contribution in [1.82, 2.24) is 9.13 Å². The molecule has 103 heavy (non-hydrogen) atoms.